The predicted octanol–water partition coefficient (Wildman–Crippen LogP) is 2.37. The second-order valence-electron chi connectivity index (χ2n) is 8.30. The number of aryl methyl sites for hydroxylation is 1. The molecule has 1 aromatic heterocycles. The zero-order valence-electron chi connectivity index (χ0n) is 17.9. The Hall–Kier alpha value is -2.09. The summed E-state index contributed by atoms with van der Waals surface area (Å²) in [6, 6.07) is 10.0. The molecule has 0 aliphatic carbocycles. The average Bonchev–Trinajstić information content (AvgIpc) is 3.36. The van der Waals surface area contributed by atoms with Crippen molar-refractivity contribution < 1.29 is 9.59 Å². The Balaban J connectivity index is 0.00000171. The quantitative estimate of drug-likeness (QED) is 0.747. The van der Waals surface area contributed by atoms with Gasteiger partial charge in [-0.1, -0.05) is 30.3 Å². The van der Waals surface area contributed by atoms with Crippen molar-refractivity contribution in [1.29, 1.82) is 0 Å². The number of halogens is 2. The number of piperidine rings is 1. The van der Waals surface area contributed by atoms with Crippen LogP contribution in [0.1, 0.15) is 35.9 Å². The van der Waals surface area contributed by atoms with Crippen molar-refractivity contribution in [1.82, 2.24) is 19.6 Å². The fourth-order valence-electron chi connectivity index (χ4n) is 4.95. The van der Waals surface area contributed by atoms with Gasteiger partial charge in [0.15, 0.2) is 0 Å². The Morgan fingerprint density at radius 3 is 2.45 bits per heavy atom. The molecule has 0 radical (unpaired) electrons. The summed E-state index contributed by atoms with van der Waals surface area (Å²) < 4.78 is 1.72. The van der Waals surface area contributed by atoms with E-state index in [1.165, 1.54) is 5.56 Å². The van der Waals surface area contributed by atoms with Gasteiger partial charge in [-0.15, -0.1) is 24.8 Å². The van der Waals surface area contributed by atoms with Crippen LogP contribution >= 0.6 is 24.8 Å². The Morgan fingerprint density at radius 1 is 1.13 bits per heavy atom. The number of aromatic nitrogens is 2. The van der Waals surface area contributed by atoms with E-state index < -0.39 is 0 Å². The highest BCUT2D eigenvalue weighted by Gasteiger charge is 2.44. The van der Waals surface area contributed by atoms with Gasteiger partial charge in [-0.25, -0.2) is 0 Å². The molecular weight excluding hydrogens is 437 g/mol. The van der Waals surface area contributed by atoms with Gasteiger partial charge >= 0.3 is 0 Å². The zero-order valence-corrected chi connectivity index (χ0v) is 19.5. The summed E-state index contributed by atoms with van der Waals surface area (Å²) in [5.74, 6) is 0.447. The monoisotopic (exact) mass is 467 g/mol. The number of carbonyl (C=O) groups excluding carboxylic acids is 2. The molecule has 2 aliphatic rings. The predicted molar refractivity (Wildman–Crippen MR) is 124 cm³/mol. The molecule has 2 aromatic rings. The van der Waals surface area contributed by atoms with Gasteiger partial charge in [-0.2, -0.15) is 5.10 Å². The Labute approximate surface area is 195 Å². The first kappa shape index (κ1) is 25.2. The molecule has 0 spiro atoms. The normalized spacial score (nSPS) is 25.7. The summed E-state index contributed by atoms with van der Waals surface area (Å²) in [7, 11) is 3.64. The molecule has 9 heteroatoms. The van der Waals surface area contributed by atoms with Crippen molar-refractivity contribution in [2.45, 2.75) is 24.8 Å². The number of rotatable bonds is 4. The standard InChI is InChI=1S/C22H29N5O2.2ClH/c1-25-12-17(11-24-25)21-18(8-9-20(28)26(21)2)22(29)27-13-16(10-23)19(14-27)15-6-4-3-5-7-15;;/h3-7,11-12,16,18-19,21H,8-10,13-14,23H2,1-2H3;2*1H/t16-,18?,19+,21?;;/m1../s1. The Morgan fingerprint density at radius 2 is 1.84 bits per heavy atom. The molecule has 0 bridgehead atoms. The number of likely N-dealkylation sites (tertiary alicyclic amines) is 2. The van der Waals surface area contributed by atoms with Gasteiger partial charge < -0.3 is 15.5 Å². The third kappa shape index (κ3) is 4.89. The smallest absolute Gasteiger partial charge is 0.228 e. The lowest BCUT2D eigenvalue weighted by Gasteiger charge is -2.39. The number of carbonyl (C=O) groups is 2. The van der Waals surface area contributed by atoms with Crippen molar-refractivity contribution in [3.63, 3.8) is 0 Å². The maximum atomic E-state index is 13.6. The van der Waals surface area contributed by atoms with Gasteiger partial charge in [0.1, 0.15) is 0 Å². The number of hydrogen-bond acceptors (Lipinski definition) is 4. The Kier molecular flexibility index (Phi) is 8.51. The highest BCUT2D eigenvalue weighted by Crippen LogP contribution is 2.39. The van der Waals surface area contributed by atoms with E-state index in [1.54, 1.807) is 22.8 Å². The van der Waals surface area contributed by atoms with E-state index in [0.717, 1.165) is 5.56 Å². The molecule has 3 heterocycles. The molecular formula is C22H31Cl2N5O2. The van der Waals surface area contributed by atoms with Crippen LogP contribution in [0.25, 0.3) is 0 Å². The number of nitrogens with zero attached hydrogens (tertiary/aromatic N) is 4. The summed E-state index contributed by atoms with van der Waals surface area (Å²) in [6.07, 6.45) is 4.64. The topological polar surface area (TPSA) is 84.5 Å². The molecule has 2 fully saturated rings. The lowest BCUT2D eigenvalue weighted by Crippen LogP contribution is -2.47. The van der Waals surface area contributed by atoms with E-state index in [1.807, 2.05) is 36.3 Å². The minimum atomic E-state index is -0.274. The molecule has 7 nitrogen and oxygen atoms in total. The molecule has 2 unspecified atom stereocenters. The van der Waals surface area contributed by atoms with E-state index >= 15 is 0 Å². The third-order valence-electron chi connectivity index (χ3n) is 6.53. The molecule has 2 saturated heterocycles. The molecule has 4 atom stereocenters. The van der Waals surface area contributed by atoms with Crippen LogP contribution in [0, 0.1) is 11.8 Å². The van der Waals surface area contributed by atoms with Gasteiger partial charge in [0.05, 0.1) is 18.2 Å². The van der Waals surface area contributed by atoms with E-state index in [4.69, 9.17) is 5.73 Å². The van der Waals surface area contributed by atoms with Crippen molar-refractivity contribution in [3.05, 3.63) is 53.9 Å². The molecule has 2 amide bonds. The molecule has 170 valence electrons. The fourth-order valence-corrected chi connectivity index (χ4v) is 4.95. The second-order valence-corrected chi connectivity index (χ2v) is 8.30. The average molecular weight is 468 g/mol. The molecule has 2 aliphatic heterocycles. The van der Waals surface area contributed by atoms with Crippen LogP contribution < -0.4 is 5.73 Å². The molecule has 4 rings (SSSR count). The molecule has 2 N–H and O–H groups in total. The van der Waals surface area contributed by atoms with Crippen LogP contribution in [0.4, 0.5) is 0 Å². The molecule has 31 heavy (non-hydrogen) atoms. The van der Waals surface area contributed by atoms with E-state index in [2.05, 4.69) is 17.2 Å². The van der Waals surface area contributed by atoms with Gasteiger partial charge in [0.2, 0.25) is 11.8 Å². The first-order valence-corrected chi connectivity index (χ1v) is 10.3. The van der Waals surface area contributed by atoms with Gasteiger partial charge in [0, 0.05) is 51.3 Å². The molecule has 1 aromatic carbocycles. The minimum absolute atomic E-state index is 0. The van der Waals surface area contributed by atoms with Crippen LogP contribution in [-0.2, 0) is 16.6 Å². The van der Waals surface area contributed by atoms with Crippen molar-refractivity contribution in [3.8, 4) is 0 Å². The number of hydrogen-bond donors (Lipinski definition) is 1. The van der Waals surface area contributed by atoms with Crippen LogP contribution in [0.2, 0.25) is 0 Å². The van der Waals surface area contributed by atoms with Crippen LogP contribution in [0.5, 0.6) is 0 Å². The van der Waals surface area contributed by atoms with Crippen molar-refractivity contribution in [2.75, 3.05) is 26.7 Å². The largest absolute Gasteiger partial charge is 0.341 e. The van der Waals surface area contributed by atoms with Gasteiger partial charge in [-0.3, -0.25) is 14.3 Å². The fraction of sp³-hybridized carbons (Fsp3) is 0.500. The number of nitrogens with two attached hydrogens (primary N) is 1. The van der Waals surface area contributed by atoms with Gasteiger partial charge in [-0.05, 0) is 24.4 Å². The second kappa shape index (κ2) is 10.5. The summed E-state index contributed by atoms with van der Waals surface area (Å²) >= 11 is 0. The van der Waals surface area contributed by atoms with Crippen LogP contribution in [-0.4, -0.2) is 58.1 Å². The third-order valence-corrected chi connectivity index (χ3v) is 6.53. The van der Waals surface area contributed by atoms with Crippen LogP contribution in [0.3, 0.4) is 0 Å². The SMILES string of the molecule is CN1C(=O)CCC(C(=O)N2C[C@@H](CN)[C@H](c3ccccc3)C2)C1c1cnn(C)c1.Cl.Cl. The first-order chi connectivity index (χ1) is 14.0. The lowest BCUT2D eigenvalue weighted by atomic mass is 9.84. The zero-order chi connectivity index (χ0) is 20.5. The summed E-state index contributed by atoms with van der Waals surface area (Å²) in [6.45, 7) is 1.90. The maximum absolute atomic E-state index is 13.6. The minimum Gasteiger partial charge on any atom is -0.341 e. The van der Waals surface area contributed by atoms with E-state index in [0.29, 0.717) is 32.5 Å². The maximum Gasteiger partial charge on any atom is 0.228 e. The summed E-state index contributed by atoms with van der Waals surface area (Å²) in [5.41, 5.74) is 8.21. The Bertz CT molecular complexity index is 891. The van der Waals surface area contributed by atoms with Crippen molar-refractivity contribution >= 4 is 36.6 Å². The highest BCUT2D eigenvalue weighted by atomic mass is 35.5. The summed E-state index contributed by atoms with van der Waals surface area (Å²) in [4.78, 5) is 29.6. The molecule has 0 saturated carbocycles. The number of benzene rings is 1. The van der Waals surface area contributed by atoms with Gasteiger partial charge in [0.25, 0.3) is 0 Å². The van der Waals surface area contributed by atoms with Crippen LogP contribution in [0.15, 0.2) is 42.7 Å². The highest BCUT2D eigenvalue weighted by molar-refractivity contribution is 5.86. The van der Waals surface area contributed by atoms with E-state index in [9.17, 15) is 9.59 Å². The lowest BCUT2D eigenvalue weighted by molar-refractivity contribution is -0.146. The van der Waals surface area contributed by atoms with Crippen molar-refractivity contribution in [2.24, 2.45) is 24.6 Å². The summed E-state index contributed by atoms with van der Waals surface area (Å²) in [5, 5.41) is 4.26. The number of amides is 2. The first-order valence-electron chi connectivity index (χ1n) is 10.3. The van der Waals surface area contributed by atoms with E-state index in [-0.39, 0.29) is 60.4 Å².